The highest BCUT2D eigenvalue weighted by molar-refractivity contribution is 7.98. The number of thiol groups is 1. The Balaban J connectivity index is 0.000000156. The molecule has 2 heterocycles. The lowest BCUT2D eigenvalue weighted by Crippen LogP contribution is -2.01. The van der Waals surface area contributed by atoms with Gasteiger partial charge in [-0.3, -0.25) is 9.59 Å². The Morgan fingerprint density at radius 2 is 0.982 bits per heavy atom. The van der Waals surface area contributed by atoms with Crippen LogP contribution in [-0.4, -0.2) is 0 Å². The van der Waals surface area contributed by atoms with Gasteiger partial charge in [0.1, 0.15) is 0 Å². The molecule has 9 heteroatoms. The summed E-state index contributed by atoms with van der Waals surface area (Å²) < 4.78 is 3.53. The van der Waals surface area contributed by atoms with Crippen molar-refractivity contribution in [3.05, 3.63) is 177 Å². The molecule has 0 fully saturated rings. The second-order valence-corrected chi connectivity index (χ2v) is 18.1. The molecule has 0 saturated heterocycles. The van der Waals surface area contributed by atoms with Gasteiger partial charge in [-0.15, -0.1) is 34.4 Å². The molecule has 8 aromatic rings. The number of rotatable bonds is 4. The van der Waals surface area contributed by atoms with Crippen LogP contribution in [0, 0.1) is 41.5 Å². The van der Waals surface area contributed by atoms with Gasteiger partial charge in [0.15, 0.2) is 10.9 Å². The van der Waals surface area contributed by atoms with Crippen molar-refractivity contribution in [2.45, 2.75) is 57.9 Å². The van der Waals surface area contributed by atoms with Crippen LogP contribution in [0.2, 0.25) is 15.1 Å². The van der Waals surface area contributed by atoms with Gasteiger partial charge in [0.25, 0.3) is 0 Å². The maximum atomic E-state index is 12.8. The summed E-state index contributed by atoms with van der Waals surface area (Å²) in [6, 6.07) is 31.4. The third kappa shape index (κ3) is 8.97. The molecule has 0 N–H and O–H groups in total. The van der Waals surface area contributed by atoms with Gasteiger partial charge in [-0.1, -0.05) is 94.5 Å². The Hall–Kier alpha value is -3.33. The van der Waals surface area contributed by atoms with Crippen molar-refractivity contribution in [3.63, 3.8) is 0 Å². The van der Waals surface area contributed by atoms with Gasteiger partial charge >= 0.3 is 0 Å². The van der Waals surface area contributed by atoms with E-state index in [1.54, 1.807) is 35.2 Å². The van der Waals surface area contributed by atoms with E-state index in [9.17, 15) is 9.59 Å². The van der Waals surface area contributed by atoms with Crippen LogP contribution in [-0.2, 0) is 11.5 Å². The average molecular weight is 858 g/mol. The monoisotopic (exact) mass is 856 g/mol. The molecule has 6 aromatic carbocycles. The number of aryl methyl sites for hydroxylation is 6. The van der Waals surface area contributed by atoms with Crippen LogP contribution < -0.4 is 10.9 Å². The summed E-state index contributed by atoms with van der Waals surface area (Å²) in [5, 5.41) is 4.44. The molecule has 0 aliphatic heterocycles. The molecule has 0 aliphatic carbocycles. The molecule has 0 atom stereocenters. The molecule has 0 aliphatic rings. The maximum absolute atomic E-state index is 12.8. The Labute approximate surface area is 354 Å². The van der Waals surface area contributed by atoms with E-state index in [1.165, 1.54) is 55.8 Å². The minimum absolute atomic E-state index is 0.00733. The summed E-state index contributed by atoms with van der Waals surface area (Å²) in [6.07, 6.45) is 0. The molecule has 0 amide bonds. The summed E-state index contributed by atoms with van der Waals surface area (Å²) in [5.41, 5.74) is 10.8. The quantitative estimate of drug-likeness (QED) is 0.109. The van der Waals surface area contributed by atoms with Crippen LogP contribution in [0.4, 0.5) is 0 Å². The SMILES string of the molecule is Cc1cc(C)c(CS)c(C)c1.Cc1cc(C)c(CSc2ccc3c(=O)c4ccccc4sc3c2Cl)c(C)c1.O=c1c2ccccc2sc2c(Cl)c(Cl)ccc12. The fourth-order valence-electron chi connectivity index (χ4n) is 6.78. The highest BCUT2D eigenvalue weighted by Crippen LogP contribution is 2.39. The molecule has 0 unspecified atom stereocenters. The first-order chi connectivity index (χ1) is 26.3. The molecule has 2 nitrogen and oxygen atoms in total. The zero-order valence-electron chi connectivity index (χ0n) is 31.3. The molecule has 0 spiro atoms. The van der Waals surface area contributed by atoms with E-state index in [1.807, 2.05) is 60.7 Å². The summed E-state index contributed by atoms with van der Waals surface area (Å²) >= 11 is 27.9. The third-order valence-electron chi connectivity index (χ3n) is 9.50. The molecule has 280 valence electrons. The zero-order chi connectivity index (χ0) is 39.6. The molecular weight excluding hydrogens is 819 g/mol. The van der Waals surface area contributed by atoms with Gasteiger partial charge in [-0.25, -0.2) is 0 Å². The van der Waals surface area contributed by atoms with E-state index >= 15 is 0 Å². The lowest BCUT2D eigenvalue weighted by Gasteiger charge is -2.12. The zero-order valence-corrected chi connectivity index (χ0v) is 36.9. The van der Waals surface area contributed by atoms with Crippen molar-refractivity contribution in [1.29, 1.82) is 0 Å². The van der Waals surface area contributed by atoms with Gasteiger partial charge in [-0.2, -0.15) is 12.6 Å². The van der Waals surface area contributed by atoms with Gasteiger partial charge in [0.05, 0.1) is 24.5 Å². The minimum atomic E-state index is 0.00733. The van der Waals surface area contributed by atoms with Crippen molar-refractivity contribution in [3.8, 4) is 0 Å². The second kappa shape index (κ2) is 17.9. The van der Waals surface area contributed by atoms with Crippen LogP contribution in [0.25, 0.3) is 40.3 Å². The maximum Gasteiger partial charge on any atom is 0.195 e. The van der Waals surface area contributed by atoms with E-state index in [0.29, 0.717) is 25.8 Å². The van der Waals surface area contributed by atoms with Crippen molar-refractivity contribution in [2.75, 3.05) is 0 Å². The van der Waals surface area contributed by atoms with Crippen LogP contribution in [0.5, 0.6) is 0 Å². The Bertz CT molecular complexity index is 2810. The van der Waals surface area contributed by atoms with Gasteiger partial charge in [0, 0.05) is 47.3 Å². The minimum Gasteiger partial charge on any atom is -0.289 e. The van der Waals surface area contributed by atoms with Crippen molar-refractivity contribution in [1.82, 2.24) is 0 Å². The van der Waals surface area contributed by atoms with Gasteiger partial charge < -0.3 is 0 Å². The highest BCUT2D eigenvalue weighted by Gasteiger charge is 2.14. The Morgan fingerprint density at radius 1 is 0.545 bits per heavy atom. The second-order valence-electron chi connectivity index (χ2n) is 13.5. The number of thioether (sulfide) groups is 1. The average Bonchev–Trinajstić information content (AvgIpc) is 3.14. The molecule has 55 heavy (non-hydrogen) atoms. The molecule has 0 radical (unpaired) electrons. The van der Waals surface area contributed by atoms with Crippen LogP contribution >= 0.6 is 81.9 Å². The third-order valence-corrected chi connectivity index (χ3v) is 14.8. The van der Waals surface area contributed by atoms with Crippen molar-refractivity contribution in [2.24, 2.45) is 0 Å². The van der Waals surface area contributed by atoms with Crippen LogP contribution in [0.1, 0.15) is 44.5 Å². The summed E-state index contributed by atoms with van der Waals surface area (Å²) in [7, 11) is 0. The number of fused-ring (bicyclic) bond motifs is 4. The molecule has 2 aromatic heterocycles. The van der Waals surface area contributed by atoms with E-state index < -0.39 is 0 Å². The molecule has 0 saturated carbocycles. The largest absolute Gasteiger partial charge is 0.289 e. The number of halogens is 3. The normalized spacial score (nSPS) is 11.1. The molecule has 0 bridgehead atoms. The molecule has 8 rings (SSSR count). The fourth-order valence-corrected chi connectivity index (χ4v) is 11.6. The number of hydrogen-bond donors (Lipinski definition) is 1. The first-order valence-corrected chi connectivity index (χ1v) is 22.0. The predicted molar refractivity (Wildman–Crippen MR) is 250 cm³/mol. The summed E-state index contributed by atoms with van der Waals surface area (Å²) in [4.78, 5) is 26.1. The van der Waals surface area contributed by atoms with Crippen molar-refractivity contribution >= 4 is 122 Å². The first-order valence-electron chi connectivity index (χ1n) is 17.6. The first kappa shape index (κ1) is 41.3. The van der Waals surface area contributed by atoms with Gasteiger partial charge in [0.2, 0.25) is 0 Å². The van der Waals surface area contributed by atoms with Crippen LogP contribution in [0.3, 0.4) is 0 Å². The van der Waals surface area contributed by atoms with E-state index in [4.69, 9.17) is 34.8 Å². The predicted octanol–water partition coefficient (Wildman–Crippen LogP) is 15.0. The van der Waals surface area contributed by atoms with Crippen LogP contribution in [0.15, 0.2) is 112 Å². The Morgan fingerprint density at radius 3 is 1.47 bits per heavy atom. The lowest BCUT2D eigenvalue weighted by atomic mass is 10.0. The molecular formula is C46H39Cl3O2S4. The topological polar surface area (TPSA) is 34.1 Å². The van der Waals surface area contributed by atoms with Crippen molar-refractivity contribution < 1.29 is 0 Å². The van der Waals surface area contributed by atoms with Gasteiger partial charge in [-0.05, 0) is 123 Å². The van der Waals surface area contributed by atoms with E-state index in [-0.39, 0.29) is 10.9 Å². The standard InChI is InChI=1S/C23H19ClOS2.C13H6Cl2OS.C10H14S/c1-13-10-14(2)18(15(3)11-13)12-26-20-9-8-17-22(25)16-6-4-5-7-19(16)27-23(17)21(20)24;14-9-6-5-8-12(16)7-3-1-2-4-10(7)17-13(8)11(9)15;1-7-4-8(2)10(6-11)9(3)5-7/h4-11H,12H2,1-3H3;1-6H;4-5,11H,6H2,1-3H3. The smallest absolute Gasteiger partial charge is 0.195 e. The van der Waals surface area contributed by atoms with E-state index in [2.05, 4.69) is 78.4 Å². The summed E-state index contributed by atoms with van der Waals surface area (Å²) in [6.45, 7) is 12.9. The number of hydrogen-bond acceptors (Lipinski definition) is 6. The lowest BCUT2D eigenvalue weighted by molar-refractivity contribution is 1.21. The number of benzene rings is 6. The highest BCUT2D eigenvalue weighted by atomic mass is 35.5. The fraction of sp³-hybridized carbons (Fsp3) is 0.174. The summed E-state index contributed by atoms with van der Waals surface area (Å²) in [5.74, 6) is 1.71. The Kier molecular flexibility index (Phi) is 13.4. The van der Waals surface area contributed by atoms with E-state index in [0.717, 1.165) is 46.0 Å².